The standard InChI is InChI=1S/C12H16Cl2N2O/c1-3-15-8(2)7-11(17)16-10-6-4-5-9(13)12(10)14/h4-6,8,15H,3,7H2,1-2H3,(H,16,17). The first-order chi connectivity index (χ1) is 8.04. The van der Waals surface area contributed by atoms with Gasteiger partial charge in [-0.25, -0.2) is 0 Å². The zero-order chi connectivity index (χ0) is 12.8. The topological polar surface area (TPSA) is 41.1 Å². The molecule has 0 radical (unpaired) electrons. The molecule has 0 aliphatic heterocycles. The quantitative estimate of drug-likeness (QED) is 0.865. The van der Waals surface area contributed by atoms with Crippen molar-refractivity contribution in [1.82, 2.24) is 5.32 Å². The molecule has 0 aliphatic carbocycles. The molecule has 94 valence electrons. The lowest BCUT2D eigenvalue weighted by Gasteiger charge is -2.13. The van der Waals surface area contributed by atoms with Crippen LogP contribution >= 0.6 is 23.2 Å². The molecule has 0 heterocycles. The molecule has 0 spiro atoms. The molecule has 0 aromatic heterocycles. The second-order valence-electron chi connectivity index (χ2n) is 3.81. The minimum atomic E-state index is -0.0809. The third-order valence-electron chi connectivity index (χ3n) is 2.27. The molecule has 1 aromatic rings. The average molecular weight is 275 g/mol. The first-order valence-electron chi connectivity index (χ1n) is 5.51. The minimum Gasteiger partial charge on any atom is -0.325 e. The minimum absolute atomic E-state index is 0.0809. The van der Waals surface area contributed by atoms with E-state index in [-0.39, 0.29) is 11.9 Å². The molecular weight excluding hydrogens is 259 g/mol. The average Bonchev–Trinajstić information content (AvgIpc) is 2.25. The van der Waals surface area contributed by atoms with Crippen molar-refractivity contribution in [3.05, 3.63) is 28.2 Å². The van der Waals surface area contributed by atoms with Gasteiger partial charge in [-0.3, -0.25) is 4.79 Å². The van der Waals surface area contributed by atoms with Crippen molar-refractivity contribution >= 4 is 34.8 Å². The number of carbonyl (C=O) groups is 1. The smallest absolute Gasteiger partial charge is 0.225 e. The molecule has 1 atom stereocenters. The van der Waals surface area contributed by atoms with E-state index in [2.05, 4.69) is 10.6 Å². The molecule has 1 amide bonds. The van der Waals surface area contributed by atoms with Crippen LogP contribution in [0.4, 0.5) is 5.69 Å². The summed E-state index contributed by atoms with van der Waals surface area (Å²) >= 11 is 11.8. The van der Waals surface area contributed by atoms with Crippen LogP contribution in [0.1, 0.15) is 20.3 Å². The fraction of sp³-hybridized carbons (Fsp3) is 0.417. The summed E-state index contributed by atoms with van der Waals surface area (Å²) in [6.45, 7) is 4.80. The number of anilines is 1. The summed E-state index contributed by atoms with van der Waals surface area (Å²) in [5, 5.41) is 6.72. The second-order valence-corrected chi connectivity index (χ2v) is 4.60. The van der Waals surface area contributed by atoms with Gasteiger partial charge in [-0.1, -0.05) is 36.2 Å². The maximum Gasteiger partial charge on any atom is 0.225 e. The first-order valence-corrected chi connectivity index (χ1v) is 6.27. The highest BCUT2D eigenvalue weighted by atomic mass is 35.5. The van der Waals surface area contributed by atoms with Gasteiger partial charge in [0.05, 0.1) is 15.7 Å². The molecule has 3 nitrogen and oxygen atoms in total. The number of benzene rings is 1. The molecular formula is C12H16Cl2N2O. The summed E-state index contributed by atoms with van der Waals surface area (Å²) in [6.07, 6.45) is 0.399. The Balaban J connectivity index is 2.59. The first kappa shape index (κ1) is 14.3. The van der Waals surface area contributed by atoms with E-state index in [1.165, 1.54) is 0 Å². The normalized spacial score (nSPS) is 12.2. The molecule has 1 rings (SSSR count). The van der Waals surface area contributed by atoms with Crippen LogP contribution in [0.2, 0.25) is 10.0 Å². The lowest BCUT2D eigenvalue weighted by Crippen LogP contribution is -2.30. The van der Waals surface area contributed by atoms with E-state index in [9.17, 15) is 4.79 Å². The van der Waals surface area contributed by atoms with Crippen LogP contribution in [0.3, 0.4) is 0 Å². The SMILES string of the molecule is CCNC(C)CC(=O)Nc1cccc(Cl)c1Cl. The number of rotatable bonds is 5. The van der Waals surface area contributed by atoms with Crippen LogP contribution in [-0.4, -0.2) is 18.5 Å². The highest BCUT2D eigenvalue weighted by Crippen LogP contribution is 2.29. The largest absolute Gasteiger partial charge is 0.325 e. The number of hydrogen-bond acceptors (Lipinski definition) is 2. The fourth-order valence-corrected chi connectivity index (χ4v) is 1.85. The molecule has 0 saturated heterocycles. The van der Waals surface area contributed by atoms with Gasteiger partial charge in [-0.05, 0) is 25.6 Å². The maximum absolute atomic E-state index is 11.7. The zero-order valence-corrected chi connectivity index (χ0v) is 11.4. The van der Waals surface area contributed by atoms with Crippen molar-refractivity contribution in [2.75, 3.05) is 11.9 Å². The molecule has 0 saturated carbocycles. The van der Waals surface area contributed by atoms with Gasteiger partial charge in [0, 0.05) is 12.5 Å². The number of carbonyl (C=O) groups excluding carboxylic acids is 1. The van der Waals surface area contributed by atoms with Gasteiger partial charge in [-0.15, -0.1) is 0 Å². The highest BCUT2D eigenvalue weighted by Gasteiger charge is 2.11. The van der Waals surface area contributed by atoms with E-state index in [1.807, 2.05) is 13.8 Å². The highest BCUT2D eigenvalue weighted by molar-refractivity contribution is 6.43. The molecule has 17 heavy (non-hydrogen) atoms. The monoisotopic (exact) mass is 274 g/mol. The Morgan fingerprint density at radius 2 is 2.12 bits per heavy atom. The molecule has 1 unspecified atom stereocenters. The Morgan fingerprint density at radius 1 is 1.41 bits per heavy atom. The van der Waals surface area contributed by atoms with Crippen LogP contribution in [0.25, 0.3) is 0 Å². The van der Waals surface area contributed by atoms with Crippen molar-refractivity contribution in [2.45, 2.75) is 26.3 Å². The molecule has 2 N–H and O–H groups in total. The number of nitrogens with one attached hydrogen (secondary N) is 2. The Hall–Kier alpha value is -0.770. The molecule has 0 aliphatic rings. The summed E-state index contributed by atoms with van der Waals surface area (Å²) in [6, 6.07) is 5.29. The van der Waals surface area contributed by atoms with Crippen molar-refractivity contribution < 1.29 is 4.79 Å². The fourth-order valence-electron chi connectivity index (χ4n) is 1.50. The summed E-state index contributed by atoms with van der Waals surface area (Å²) in [4.78, 5) is 11.7. The molecule has 5 heteroatoms. The van der Waals surface area contributed by atoms with Gasteiger partial charge < -0.3 is 10.6 Å². The number of amides is 1. The van der Waals surface area contributed by atoms with E-state index >= 15 is 0 Å². The van der Waals surface area contributed by atoms with Crippen LogP contribution in [0, 0.1) is 0 Å². The van der Waals surface area contributed by atoms with Crippen molar-refractivity contribution in [1.29, 1.82) is 0 Å². The van der Waals surface area contributed by atoms with Crippen LogP contribution in [0.15, 0.2) is 18.2 Å². The lowest BCUT2D eigenvalue weighted by molar-refractivity contribution is -0.116. The Labute approximate surface area is 111 Å². The second kappa shape index (κ2) is 6.84. The van der Waals surface area contributed by atoms with Gasteiger partial charge in [0.25, 0.3) is 0 Å². The molecule has 1 aromatic carbocycles. The van der Waals surface area contributed by atoms with E-state index in [0.29, 0.717) is 22.2 Å². The summed E-state index contributed by atoms with van der Waals surface area (Å²) in [5.41, 5.74) is 0.549. The van der Waals surface area contributed by atoms with Gasteiger partial charge >= 0.3 is 0 Å². The lowest BCUT2D eigenvalue weighted by atomic mass is 10.2. The maximum atomic E-state index is 11.7. The zero-order valence-electron chi connectivity index (χ0n) is 9.89. The Morgan fingerprint density at radius 3 is 2.76 bits per heavy atom. The van der Waals surface area contributed by atoms with E-state index in [1.54, 1.807) is 18.2 Å². The summed E-state index contributed by atoms with van der Waals surface area (Å²) in [7, 11) is 0. The Bertz CT molecular complexity index is 396. The summed E-state index contributed by atoms with van der Waals surface area (Å²) in [5.74, 6) is -0.0809. The number of halogens is 2. The van der Waals surface area contributed by atoms with Crippen molar-refractivity contribution in [3.8, 4) is 0 Å². The van der Waals surface area contributed by atoms with E-state index in [0.717, 1.165) is 6.54 Å². The van der Waals surface area contributed by atoms with Crippen LogP contribution < -0.4 is 10.6 Å². The van der Waals surface area contributed by atoms with Crippen LogP contribution in [-0.2, 0) is 4.79 Å². The molecule has 0 fully saturated rings. The van der Waals surface area contributed by atoms with Gasteiger partial charge in [0.15, 0.2) is 0 Å². The van der Waals surface area contributed by atoms with Crippen molar-refractivity contribution in [2.24, 2.45) is 0 Å². The predicted molar refractivity (Wildman–Crippen MR) is 72.8 cm³/mol. The van der Waals surface area contributed by atoms with Gasteiger partial charge in [0.1, 0.15) is 0 Å². The molecule has 0 bridgehead atoms. The van der Waals surface area contributed by atoms with Crippen LogP contribution in [0.5, 0.6) is 0 Å². The van der Waals surface area contributed by atoms with Crippen molar-refractivity contribution in [3.63, 3.8) is 0 Å². The van der Waals surface area contributed by atoms with Gasteiger partial charge in [0.2, 0.25) is 5.91 Å². The number of hydrogen-bond donors (Lipinski definition) is 2. The summed E-state index contributed by atoms with van der Waals surface area (Å²) < 4.78 is 0. The van der Waals surface area contributed by atoms with E-state index < -0.39 is 0 Å². The third kappa shape index (κ3) is 4.54. The predicted octanol–water partition coefficient (Wildman–Crippen LogP) is 3.32. The third-order valence-corrected chi connectivity index (χ3v) is 3.09. The van der Waals surface area contributed by atoms with E-state index in [4.69, 9.17) is 23.2 Å². The Kier molecular flexibility index (Phi) is 5.75. The van der Waals surface area contributed by atoms with Gasteiger partial charge in [-0.2, -0.15) is 0 Å².